The summed E-state index contributed by atoms with van der Waals surface area (Å²) in [5.74, 6) is 0.232. The zero-order valence-corrected chi connectivity index (χ0v) is 14.2. The van der Waals surface area contributed by atoms with Gasteiger partial charge in [-0.25, -0.2) is 0 Å². The van der Waals surface area contributed by atoms with Gasteiger partial charge in [0.15, 0.2) is 0 Å². The molecule has 0 radical (unpaired) electrons. The minimum atomic E-state index is 0.0242. The number of amides is 1. The summed E-state index contributed by atoms with van der Waals surface area (Å²) >= 11 is 0. The monoisotopic (exact) mass is 327 g/mol. The number of morpholine rings is 1. The Kier molecular flexibility index (Phi) is 5.64. The van der Waals surface area contributed by atoms with Crippen molar-refractivity contribution in [3.63, 3.8) is 0 Å². The number of carbonyl (C=O) groups excluding carboxylic acids is 1. The molecule has 0 N–H and O–H groups in total. The summed E-state index contributed by atoms with van der Waals surface area (Å²) < 4.78 is 7.68. The number of nitrogens with zero attached hydrogens (tertiary/aromatic N) is 3. The van der Waals surface area contributed by atoms with Crippen molar-refractivity contribution in [2.75, 3.05) is 19.7 Å². The van der Waals surface area contributed by atoms with Crippen molar-refractivity contribution in [2.45, 2.75) is 38.8 Å². The molecular weight excluding hydrogens is 302 g/mol. The third-order valence-corrected chi connectivity index (χ3v) is 4.34. The van der Waals surface area contributed by atoms with Gasteiger partial charge in [0.05, 0.1) is 25.5 Å². The van der Waals surface area contributed by atoms with Crippen molar-refractivity contribution >= 4 is 5.91 Å². The Bertz CT molecular complexity index is 654. The molecule has 1 saturated heterocycles. The third kappa shape index (κ3) is 4.68. The van der Waals surface area contributed by atoms with E-state index in [9.17, 15) is 4.79 Å². The molecule has 3 rings (SSSR count). The predicted octanol–water partition coefficient (Wildman–Crippen LogP) is 2.44. The highest BCUT2D eigenvalue weighted by atomic mass is 16.5. The molecule has 1 fully saturated rings. The Hall–Kier alpha value is -2.14. The van der Waals surface area contributed by atoms with Crippen LogP contribution in [0.15, 0.2) is 42.7 Å². The van der Waals surface area contributed by atoms with Gasteiger partial charge in [0.2, 0.25) is 5.91 Å². The zero-order chi connectivity index (χ0) is 16.8. The largest absolute Gasteiger partial charge is 0.373 e. The predicted molar refractivity (Wildman–Crippen MR) is 92.7 cm³/mol. The summed E-state index contributed by atoms with van der Waals surface area (Å²) in [6.07, 6.45) is 6.31. The molecule has 5 heteroatoms. The van der Waals surface area contributed by atoms with Crippen LogP contribution >= 0.6 is 0 Å². The quantitative estimate of drug-likeness (QED) is 0.819. The van der Waals surface area contributed by atoms with E-state index < -0.39 is 0 Å². The molecule has 0 aliphatic carbocycles. The molecular formula is C19H25N3O2. The molecule has 1 aliphatic rings. The number of aryl methyl sites for hydroxylation is 2. The van der Waals surface area contributed by atoms with Gasteiger partial charge in [0.1, 0.15) is 0 Å². The first-order valence-electron chi connectivity index (χ1n) is 8.63. The number of carbonyl (C=O) groups is 1. The maximum atomic E-state index is 12.4. The van der Waals surface area contributed by atoms with Crippen molar-refractivity contribution < 1.29 is 9.53 Å². The van der Waals surface area contributed by atoms with Crippen molar-refractivity contribution in [1.29, 1.82) is 0 Å². The lowest BCUT2D eigenvalue weighted by atomic mass is 10.1. The molecule has 1 amide bonds. The lowest BCUT2D eigenvalue weighted by molar-refractivity contribution is -0.139. The van der Waals surface area contributed by atoms with Crippen LogP contribution in [0, 0.1) is 6.92 Å². The first-order chi connectivity index (χ1) is 11.7. The summed E-state index contributed by atoms with van der Waals surface area (Å²) in [5, 5.41) is 4.30. The van der Waals surface area contributed by atoms with Crippen LogP contribution in [-0.4, -0.2) is 46.4 Å². The molecule has 2 heterocycles. The Morgan fingerprint density at radius 3 is 2.92 bits per heavy atom. The Labute approximate surface area is 143 Å². The van der Waals surface area contributed by atoms with Crippen molar-refractivity contribution in [1.82, 2.24) is 14.7 Å². The molecule has 2 aromatic rings. The van der Waals surface area contributed by atoms with Crippen LogP contribution in [0.25, 0.3) is 0 Å². The summed E-state index contributed by atoms with van der Waals surface area (Å²) in [5.41, 5.74) is 2.43. The van der Waals surface area contributed by atoms with Crippen LogP contribution in [0.5, 0.6) is 0 Å². The summed E-state index contributed by atoms with van der Waals surface area (Å²) in [4.78, 5) is 14.4. The number of rotatable bonds is 6. The van der Waals surface area contributed by atoms with E-state index in [1.807, 2.05) is 47.1 Å². The first kappa shape index (κ1) is 16.7. The van der Waals surface area contributed by atoms with Gasteiger partial charge in [0, 0.05) is 25.7 Å². The SMILES string of the molecule is Cc1cnn(C[C@H]2CN(C(=O)CCCc3ccccc3)CCO2)c1. The van der Waals surface area contributed by atoms with Crippen LogP contribution in [0.1, 0.15) is 24.0 Å². The van der Waals surface area contributed by atoms with Gasteiger partial charge in [-0.05, 0) is 30.9 Å². The van der Waals surface area contributed by atoms with Gasteiger partial charge in [-0.3, -0.25) is 9.48 Å². The molecule has 0 saturated carbocycles. The highest BCUT2D eigenvalue weighted by Crippen LogP contribution is 2.12. The number of hydrogen-bond donors (Lipinski definition) is 0. The molecule has 0 bridgehead atoms. The second-order valence-corrected chi connectivity index (χ2v) is 6.41. The summed E-state index contributed by atoms with van der Waals surface area (Å²) in [6, 6.07) is 10.3. The Morgan fingerprint density at radius 1 is 1.33 bits per heavy atom. The lowest BCUT2D eigenvalue weighted by Crippen LogP contribution is -2.47. The van der Waals surface area contributed by atoms with Gasteiger partial charge < -0.3 is 9.64 Å². The highest BCUT2D eigenvalue weighted by Gasteiger charge is 2.24. The molecule has 1 aliphatic heterocycles. The van der Waals surface area contributed by atoms with E-state index in [4.69, 9.17) is 4.74 Å². The lowest BCUT2D eigenvalue weighted by Gasteiger charge is -2.33. The van der Waals surface area contributed by atoms with Crippen LogP contribution in [0.2, 0.25) is 0 Å². The minimum Gasteiger partial charge on any atom is -0.373 e. The molecule has 1 aromatic carbocycles. The second kappa shape index (κ2) is 8.11. The molecule has 128 valence electrons. The molecule has 24 heavy (non-hydrogen) atoms. The van der Waals surface area contributed by atoms with Crippen LogP contribution in [-0.2, 0) is 22.5 Å². The van der Waals surface area contributed by atoms with E-state index in [2.05, 4.69) is 17.2 Å². The smallest absolute Gasteiger partial charge is 0.222 e. The fourth-order valence-corrected chi connectivity index (χ4v) is 3.08. The number of ether oxygens (including phenoxy) is 1. The standard InChI is InChI=1S/C19H25N3O2/c1-16-12-20-22(13-16)15-18-14-21(10-11-24-18)19(23)9-5-8-17-6-3-2-4-7-17/h2-4,6-7,12-13,18H,5,8-11,14-15H2,1H3/t18-/m1/s1. The van der Waals surface area contributed by atoms with Crippen LogP contribution < -0.4 is 0 Å². The van der Waals surface area contributed by atoms with Gasteiger partial charge in [-0.2, -0.15) is 5.10 Å². The summed E-state index contributed by atoms with van der Waals surface area (Å²) in [6.45, 7) is 4.67. The average Bonchev–Trinajstić information content (AvgIpc) is 3.01. The zero-order valence-electron chi connectivity index (χ0n) is 14.2. The summed E-state index contributed by atoms with van der Waals surface area (Å²) in [7, 11) is 0. The molecule has 0 unspecified atom stereocenters. The fourth-order valence-electron chi connectivity index (χ4n) is 3.08. The maximum Gasteiger partial charge on any atom is 0.222 e. The molecule has 5 nitrogen and oxygen atoms in total. The molecule has 1 aromatic heterocycles. The number of hydrogen-bond acceptors (Lipinski definition) is 3. The fraction of sp³-hybridized carbons (Fsp3) is 0.474. The maximum absolute atomic E-state index is 12.4. The third-order valence-electron chi connectivity index (χ3n) is 4.34. The van der Waals surface area contributed by atoms with Gasteiger partial charge in [-0.1, -0.05) is 30.3 Å². The van der Waals surface area contributed by atoms with Gasteiger partial charge in [0.25, 0.3) is 0 Å². The van der Waals surface area contributed by atoms with E-state index in [1.54, 1.807) is 0 Å². The molecule has 1 atom stereocenters. The van der Waals surface area contributed by atoms with E-state index >= 15 is 0 Å². The van der Waals surface area contributed by atoms with Crippen molar-refractivity contribution in [3.05, 3.63) is 53.9 Å². The second-order valence-electron chi connectivity index (χ2n) is 6.41. The first-order valence-corrected chi connectivity index (χ1v) is 8.63. The van der Waals surface area contributed by atoms with Crippen LogP contribution in [0.3, 0.4) is 0 Å². The minimum absolute atomic E-state index is 0.0242. The number of aromatic nitrogens is 2. The van der Waals surface area contributed by atoms with E-state index in [0.29, 0.717) is 32.7 Å². The van der Waals surface area contributed by atoms with Crippen molar-refractivity contribution in [2.24, 2.45) is 0 Å². The van der Waals surface area contributed by atoms with Gasteiger partial charge in [-0.15, -0.1) is 0 Å². The van der Waals surface area contributed by atoms with E-state index in [1.165, 1.54) is 5.56 Å². The van der Waals surface area contributed by atoms with E-state index in [-0.39, 0.29) is 12.0 Å². The molecule has 0 spiro atoms. The normalized spacial score (nSPS) is 17.9. The Balaban J connectivity index is 1.44. The van der Waals surface area contributed by atoms with E-state index in [0.717, 1.165) is 18.4 Å². The topological polar surface area (TPSA) is 47.4 Å². The average molecular weight is 327 g/mol. The number of benzene rings is 1. The van der Waals surface area contributed by atoms with Gasteiger partial charge >= 0.3 is 0 Å². The van der Waals surface area contributed by atoms with Crippen LogP contribution in [0.4, 0.5) is 0 Å². The highest BCUT2D eigenvalue weighted by molar-refractivity contribution is 5.76. The van der Waals surface area contributed by atoms with Crippen molar-refractivity contribution in [3.8, 4) is 0 Å². The Morgan fingerprint density at radius 2 is 2.17 bits per heavy atom.